The highest BCUT2D eigenvalue weighted by Crippen LogP contribution is 2.29. The fourth-order valence-electron chi connectivity index (χ4n) is 3.11. The first-order valence-electron chi connectivity index (χ1n) is 8.71. The third kappa shape index (κ3) is 4.04. The van der Waals surface area contributed by atoms with Gasteiger partial charge in [-0.3, -0.25) is 4.79 Å². The van der Waals surface area contributed by atoms with E-state index in [-0.39, 0.29) is 18.7 Å². The van der Waals surface area contributed by atoms with Crippen molar-refractivity contribution in [2.75, 3.05) is 13.1 Å². The van der Waals surface area contributed by atoms with E-state index in [9.17, 15) is 14.7 Å². The van der Waals surface area contributed by atoms with Gasteiger partial charge in [0.2, 0.25) is 11.5 Å². The summed E-state index contributed by atoms with van der Waals surface area (Å²) in [5.74, 6) is -0.422. The molecule has 0 atom stereocenters. The minimum absolute atomic E-state index is 0.0213. The van der Waals surface area contributed by atoms with Gasteiger partial charge in [-0.15, -0.1) is 0 Å². The smallest absolute Gasteiger partial charge is 0.348 e. The molecule has 1 aromatic carbocycles. The number of aromatic nitrogens is 2. The fraction of sp³-hybridized carbons (Fsp3) is 0.421. The van der Waals surface area contributed by atoms with E-state index in [4.69, 9.17) is 4.74 Å². The van der Waals surface area contributed by atoms with E-state index in [0.29, 0.717) is 31.8 Å². The summed E-state index contributed by atoms with van der Waals surface area (Å²) in [5, 5.41) is 9.72. The number of amides is 1. The van der Waals surface area contributed by atoms with Crippen LogP contribution in [0.5, 0.6) is 5.75 Å². The summed E-state index contributed by atoms with van der Waals surface area (Å²) in [5.41, 5.74) is -0.198. The van der Waals surface area contributed by atoms with Gasteiger partial charge in [-0.05, 0) is 19.1 Å². The molecule has 2 heterocycles. The number of hydrogen-bond acceptors (Lipinski definition) is 4. The number of hydrogen-bond donors (Lipinski definition) is 1. The third-order valence-electron chi connectivity index (χ3n) is 4.79. The van der Waals surface area contributed by atoms with Crippen LogP contribution in [0.4, 0.5) is 0 Å². The highest BCUT2D eigenvalue weighted by molar-refractivity contribution is 5.80. The van der Waals surface area contributed by atoms with E-state index in [1.165, 1.54) is 0 Å². The fourth-order valence-corrected chi connectivity index (χ4v) is 3.11. The molecule has 0 unspecified atom stereocenters. The average Bonchev–Trinajstić information content (AvgIpc) is 3.16. The van der Waals surface area contributed by atoms with Crippen molar-refractivity contribution in [3.05, 3.63) is 48.5 Å². The van der Waals surface area contributed by atoms with E-state index in [1.807, 2.05) is 29.8 Å². The predicted molar refractivity (Wildman–Crippen MR) is 94.8 cm³/mol. The quantitative estimate of drug-likeness (QED) is 0.856. The first kappa shape index (κ1) is 18.0. The lowest BCUT2D eigenvalue weighted by molar-refractivity contribution is -0.161. The molecule has 1 aliphatic rings. The van der Waals surface area contributed by atoms with E-state index in [2.05, 4.69) is 4.98 Å². The second-order valence-electron chi connectivity index (χ2n) is 6.65. The van der Waals surface area contributed by atoms with Gasteiger partial charge in [0.25, 0.3) is 0 Å². The van der Waals surface area contributed by atoms with Gasteiger partial charge in [-0.1, -0.05) is 17.7 Å². The zero-order valence-electron chi connectivity index (χ0n) is 14.8. The molecule has 1 amide bonds. The number of carbonyl (C=O) groups is 2. The van der Waals surface area contributed by atoms with Gasteiger partial charge < -0.3 is 19.3 Å². The maximum absolute atomic E-state index is 12.4. The summed E-state index contributed by atoms with van der Waals surface area (Å²) in [7, 11) is 0. The molecule has 0 saturated carbocycles. The van der Waals surface area contributed by atoms with Gasteiger partial charge in [0.15, 0.2) is 0 Å². The number of ether oxygens (including phenoxy) is 1. The van der Waals surface area contributed by atoms with Gasteiger partial charge in [0, 0.05) is 51.3 Å². The Kier molecular flexibility index (Phi) is 5.25. The van der Waals surface area contributed by atoms with Crippen LogP contribution in [0.2, 0.25) is 0 Å². The number of aryl methyl sites for hydroxylation is 2. The molecule has 3 rings (SSSR count). The molecule has 0 radical (unpaired) electrons. The Labute approximate surface area is 152 Å². The maximum Gasteiger partial charge on any atom is 0.348 e. The molecular weight excluding hydrogens is 334 g/mol. The van der Waals surface area contributed by atoms with Crippen LogP contribution in [-0.4, -0.2) is 50.1 Å². The molecule has 2 aromatic rings. The van der Waals surface area contributed by atoms with Gasteiger partial charge in [-0.2, -0.15) is 0 Å². The summed E-state index contributed by atoms with van der Waals surface area (Å²) in [6, 6.07) is 7.34. The van der Waals surface area contributed by atoms with Crippen LogP contribution in [0.1, 0.15) is 24.8 Å². The molecule has 0 spiro atoms. The van der Waals surface area contributed by atoms with E-state index in [0.717, 1.165) is 5.56 Å². The van der Waals surface area contributed by atoms with Crippen molar-refractivity contribution < 1.29 is 19.4 Å². The molecule has 7 heteroatoms. The number of benzene rings is 1. The van der Waals surface area contributed by atoms with E-state index in [1.54, 1.807) is 29.6 Å². The summed E-state index contributed by atoms with van der Waals surface area (Å²) in [6.07, 6.45) is 6.08. The molecule has 138 valence electrons. The number of imidazole rings is 1. The number of likely N-dealkylation sites (tertiary alicyclic amines) is 1. The third-order valence-corrected chi connectivity index (χ3v) is 4.79. The van der Waals surface area contributed by atoms with Gasteiger partial charge in [-0.25, -0.2) is 9.78 Å². The number of carbonyl (C=O) groups excluding carboxylic acids is 1. The van der Waals surface area contributed by atoms with Crippen LogP contribution in [0.3, 0.4) is 0 Å². The monoisotopic (exact) mass is 357 g/mol. The zero-order valence-corrected chi connectivity index (χ0v) is 14.8. The van der Waals surface area contributed by atoms with Gasteiger partial charge in [0.05, 0.1) is 6.33 Å². The van der Waals surface area contributed by atoms with Crippen molar-refractivity contribution in [2.45, 2.75) is 38.3 Å². The lowest BCUT2D eigenvalue weighted by Gasteiger charge is -2.39. The highest BCUT2D eigenvalue weighted by atomic mass is 16.5. The van der Waals surface area contributed by atoms with Crippen LogP contribution >= 0.6 is 0 Å². The number of rotatable bonds is 6. The predicted octanol–water partition coefficient (Wildman–Crippen LogP) is 2.11. The van der Waals surface area contributed by atoms with Gasteiger partial charge in [0.1, 0.15) is 5.75 Å². The van der Waals surface area contributed by atoms with Crippen LogP contribution in [-0.2, 0) is 16.1 Å². The molecule has 1 N–H and O–H groups in total. The van der Waals surface area contributed by atoms with E-state index < -0.39 is 11.6 Å². The highest BCUT2D eigenvalue weighted by Gasteiger charge is 2.44. The summed E-state index contributed by atoms with van der Waals surface area (Å²) in [6.45, 7) is 3.28. The van der Waals surface area contributed by atoms with Crippen molar-refractivity contribution in [1.82, 2.24) is 14.5 Å². The Bertz CT molecular complexity index is 748. The first-order valence-corrected chi connectivity index (χ1v) is 8.71. The number of carboxylic acids is 1. The van der Waals surface area contributed by atoms with Crippen LogP contribution in [0.25, 0.3) is 0 Å². The Morgan fingerprint density at radius 2 is 1.92 bits per heavy atom. The van der Waals surface area contributed by atoms with Crippen molar-refractivity contribution in [3.63, 3.8) is 0 Å². The molecular formula is C19H23N3O4. The number of nitrogens with zero attached hydrogens (tertiary/aromatic N) is 3. The molecule has 1 aliphatic heterocycles. The number of carboxylic acid groups (broad SMARTS) is 1. The standard InChI is InChI=1S/C19H23N3O4/c1-15-2-4-16(5-3-15)26-19(18(24)25)7-11-22(12-8-19)17(23)6-10-21-13-9-20-14-21/h2-5,9,13-14H,6-8,10-12H2,1H3,(H,24,25). The van der Waals surface area contributed by atoms with Crippen LogP contribution in [0.15, 0.2) is 43.0 Å². The molecule has 1 fully saturated rings. The minimum atomic E-state index is -1.28. The minimum Gasteiger partial charge on any atom is -0.478 e. The molecule has 26 heavy (non-hydrogen) atoms. The van der Waals surface area contributed by atoms with E-state index >= 15 is 0 Å². The molecule has 0 bridgehead atoms. The normalized spacial score (nSPS) is 16.3. The molecule has 1 aromatic heterocycles. The largest absolute Gasteiger partial charge is 0.478 e. The number of piperidine rings is 1. The lowest BCUT2D eigenvalue weighted by atomic mass is 9.90. The van der Waals surface area contributed by atoms with Gasteiger partial charge >= 0.3 is 5.97 Å². The SMILES string of the molecule is Cc1ccc(OC2(C(=O)O)CCN(C(=O)CCn3ccnc3)CC2)cc1. The van der Waals surface area contributed by atoms with Crippen molar-refractivity contribution in [1.29, 1.82) is 0 Å². The Hall–Kier alpha value is -2.83. The summed E-state index contributed by atoms with van der Waals surface area (Å²) in [4.78, 5) is 29.9. The number of aliphatic carboxylic acids is 1. The van der Waals surface area contributed by atoms with Crippen LogP contribution in [0, 0.1) is 6.92 Å². The average molecular weight is 357 g/mol. The second-order valence-corrected chi connectivity index (χ2v) is 6.65. The second kappa shape index (κ2) is 7.59. The van der Waals surface area contributed by atoms with Crippen LogP contribution < -0.4 is 4.74 Å². The summed E-state index contributed by atoms with van der Waals surface area (Å²) < 4.78 is 7.71. The molecule has 7 nitrogen and oxygen atoms in total. The Morgan fingerprint density at radius 3 is 2.50 bits per heavy atom. The maximum atomic E-state index is 12.4. The summed E-state index contributed by atoms with van der Waals surface area (Å²) >= 11 is 0. The van der Waals surface area contributed by atoms with Crippen molar-refractivity contribution >= 4 is 11.9 Å². The topological polar surface area (TPSA) is 84.7 Å². The lowest BCUT2D eigenvalue weighted by Crippen LogP contribution is -2.54. The van der Waals surface area contributed by atoms with Crippen molar-refractivity contribution in [3.8, 4) is 5.75 Å². The molecule has 0 aliphatic carbocycles. The first-order chi connectivity index (χ1) is 12.5. The zero-order chi connectivity index (χ0) is 18.6. The molecule has 1 saturated heterocycles. The Morgan fingerprint density at radius 1 is 1.23 bits per heavy atom. The van der Waals surface area contributed by atoms with Crippen molar-refractivity contribution in [2.24, 2.45) is 0 Å². The Balaban J connectivity index is 1.59.